The Hall–Kier alpha value is -2.66. The van der Waals surface area contributed by atoms with Crippen LogP contribution < -0.4 is 0 Å². The van der Waals surface area contributed by atoms with Gasteiger partial charge in [0.25, 0.3) is 0 Å². The summed E-state index contributed by atoms with van der Waals surface area (Å²) >= 11 is 0. The summed E-state index contributed by atoms with van der Waals surface area (Å²) < 4.78 is 13.8. The van der Waals surface area contributed by atoms with Gasteiger partial charge in [-0.25, -0.2) is 0 Å². The second-order valence-electron chi connectivity index (χ2n) is 28.7. The van der Waals surface area contributed by atoms with Crippen LogP contribution in [0.5, 0.6) is 0 Å². The van der Waals surface area contributed by atoms with Gasteiger partial charge in [0.2, 0.25) is 0 Å². The molecule has 1 heterocycles. The van der Waals surface area contributed by atoms with Gasteiger partial charge in [-0.05, 0) is 238 Å². The number of likely N-dealkylation sites (tertiary alicyclic amines) is 1. The zero-order chi connectivity index (χ0) is 52.6. The highest BCUT2D eigenvalue weighted by Crippen LogP contribution is 2.70. The fraction of sp³-hybridized carbons (Fsp3) is 0.757. The molecule has 12 aliphatic carbocycles. The molecule has 1 saturated heterocycles. The molecule has 13 aliphatic rings. The van der Waals surface area contributed by atoms with Crippen LogP contribution in [0.25, 0.3) is 0 Å². The molecule has 1 aliphatic heterocycles. The van der Waals surface area contributed by atoms with Crippen molar-refractivity contribution in [3.8, 4) is 0 Å². The molecular weight excluding hydrogens is 949 g/mol. The van der Waals surface area contributed by atoms with Crippen molar-refractivity contribution in [1.82, 2.24) is 9.80 Å². The van der Waals surface area contributed by atoms with Gasteiger partial charge < -0.3 is 14.4 Å². The first-order valence-electron chi connectivity index (χ1n) is 34.5. The van der Waals surface area contributed by atoms with Crippen LogP contribution in [0, 0.1) is 64.6 Å². The van der Waals surface area contributed by atoms with Crippen molar-refractivity contribution >= 4 is 0 Å². The van der Waals surface area contributed by atoms with Gasteiger partial charge in [-0.2, -0.15) is 0 Å². The third kappa shape index (κ3) is 10.6. The van der Waals surface area contributed by atoms with Gasteiger partial charge in [0.15, 0.2) is 0 Å². The molecule has 6 saturated carbocycles. The molecule has 0 aromatic carbocycles. The van der Waals surface area contributed by atoms with Crippen LogP contribution in [-0.4, -0.2) is 64.4 Å². The van der Waals surface area contributed by atoms with E-state index in [1.54, 1.807) is 16.8 Å². The first kappa shape index (κ1) is 54.6. The molecule has 0 spiro atoms. The Morgan fingerprint density at radius 3 is 2.32 bits per heavy atom. The van der Waals surface area contributed by atoms with E-state index < -0.39 is 0 Å². The Balaban J connectivity index is 0.762. The highest BCUT2D eigenvalue weighted by molar-refractivity contribution is 5.46. The van der Waals surface area contributed by atoms with E-state index in [-0.39, 0.29) is 11.5 Å². The van der Waals surface area contributed by atoms with Crippen LogP contribution in [0.3, 0.4) is 0 Å². The van der Waals surface area contributed by atoms with Crippen molar-refractivity contribution in [3.05, 3.63) is 108 Å². The van der Waals surface area contributed by atoms with Gasteiger partial charge in [-0.15, -0.1) is 6.58 Å². The Morgan fingerprint density at radius 1 is 0.692 bits per heavy atom. The smallest absolute Gasteiger partial charge is 0.0797 e. The van der Waals surface area contributed by atoms with E-state index in [9.17, 15) is 0 Å². The minimum absolute atomic E-state index is 0.161. The molecular formula is C74H108N2O2. The topological polar surface area (TPSA) is 24.9 Å². The van der Waals surface area contributed by atoms with E-state index in [0.717, 1.165) is 48.1 Å². The summed E-state index contributed by atoms with van der Waals surface area (Å²) in [4.78, 5) is 6.34. The summed E-state index contributed by atoms with van der Waals surface area (Å²) in [5, 5.41) is 0. The minimum Gasteiger partial charge on any atom is -0.375 e. The van der Waals surface area contributed by atoms with Crippen LogP contribution in [0.2, 0.25) is 0 Å². The maximum absolute atomic E-state index is 6.97. The van der Waals surface area contributed by atoms with Crippen LogP contribution in [0.1, 0.15) is 232 Å². The first-order chi connectivity index (χ1) is 38.5. The molecule has 0 aromatic rings. The van der Waals surface area contributed by atoms with Gasteiger partial charge in [0.05, 0.1) is 24.4 Å². The number of unbranched alkanes of at least 4 members (excludes halogenated alkanes) is 1. The molecule has 426 valence electrons. The maximum Gasteiger partial charge on any atom is 0.0797 e. The third-order valence-electron chi connectivity index (χ3n) is 24.9. The summed E-state index contributed by atoms with van der Waals surface area (Å²) in [7, 11) is 0. The predicted octanol–water partition coefficient (Wildman–Crippen LogP) is 18.6. The number of hydrogen-bond donors (Lipinski definition) is 0. The lowest BCUT2D eigenvalue weighted by Crippen LogP contribution is -2.52. The Kier molecular flexibility index (Phi) is 17.3. The minimum atomic E-state index is 0.161. The first-order valence-corrected chi connectivity index (χ1v) is 34.5. The number of ether oxygens (including phenoxy) is 2. The quantitative estimate of drug-likeness (QED) is 0.144. The number of allylic oxidation sites excluding steroid dienone is 12. The zero-order valence-corrected chi connectivity index (χ0v) is 49.4. The van der Waals surface area contributed by atoms with E-state index in [1.807, 2.05) is 5.57 Å². The van der Waals surface area contributed by atoms with Crippen LogP contribution in [0.4, 0.5) is 0 Å². The highest BCUT2D eigenvalue weighted by atomic mass is 16.5. The highest BCUT2D eigenvalue weighted by Gasteiger charge is 2.63. The Morgan fingerprint density at radius 2 is 1.54 bits per heavy atom. The largest absolute Gasteiger partial charge is 0.375 e. The zero-order valence-electron chi connectivity index (χ0n) is 49.4. The average molecular weight is 1060 g/mol. The van der Waals surface area contributed by atoms with E-state index >= 15 is 0 Å². The van der Waals surface area contributed by atoms with Crippen LogP contribution in [0.15, 0.2) is 108 Å². The Labute approximate surface area is 476 Å². The van der Waals surface area contributed by atoms with Crippen molar-refractivity contribution in [2.45, 2.75) is 287 Å². The molecule has 4 nitrogen and oxygen atoms in total. The van der Waals surface area contributed by atoms with E-state index in [4.69, 9.17) is 9.47 Å². The molecule has 78 heavy (non-hydrogen) atoms. The van der Waals surface area contributed by atoms with E-state index in [2.05, 4.69) is 109 Å². The van der Waals surface area contributed by atoms with Gasteiger partial charge in [-0.1, -0.05) is 143 Å². The van der Waals surface area contributed by atoms with Crippen LogP contribution in [-0.2, 0) is 9.47 Å². The molecule has 16 atom stereocenters. The van der Waals surface area contributed by atoms with Crippen molar-refractivity contribution in [2.24, 2.45) is 64.6 Å². The summed E-state index contributed by atoms with van der Waals surface area (Å²) in [5.74, 6) is 7.36. The Bertz CT molecular complexity index is 2310. The van der Waals surface area contributed by atoms with Gasteiger partial charge in [0, 0.05) is 47.2 Å². The lowest BCUT2D eigenvalue weighted by atomic mass is 9.55. The summed E-state index contributed by atoms with van der Waals surface area (Å²) in [5.41, 5.74) is 7.19. The normalized spacial score (nSPS) is 43.7. The van der Waals surface area contributed by atoms with Gasteiger partial charge in [-0.3, -0.25) is 4.90 Å². The average Bonchev–Trinajstić information content (AvgIpc) is 4.12. The lowest BCUT2D eigenvalue weighted by molar-refractivity contribution is -0.0507. The molecule has 0 amide bonds. The SMILES string of the molecule is C=CC1CCC(OC2C=CC(C3(C4=CCCCC4)C4CC(N(C5=CCC(C6=CC7C8CCCCC8N(C8CCC(OC(CC)CCCC)CC8)C7C=C6)CC5)C5CCCC6C=CCCC65)C=CC4C4CCCCC43)=CC2)CC1. The van der Waals surface area contributed by atoms with Gasteiger partial charge >= 0.3 is 0 Å². The monoisotopic (exact) mass is 1060 g/mol. The fourth-order valence-electron chi connectivity index (χ4n) is 21.3. The maximum atomic E-state index is 6.97. The second kappa shape index (κ2) is 24.7. The molecule has 7 fully saturated rings. The number of rotatable bonds is 16. The summed E-state index contributed by atoms with van der Waals surface area (Å²) in [6.07, 6.45) is 81.5. The number of hydrogen-bond acceptors (Lipinski definition) is 4. The molecule has 0 N–H and O–H groups in total. The van der Waals surface area contributed by atoms with E-state index in [0.29, 0.717) is 66.0 Å². The fourth-order valence-corrected chi connectivity index (χ4v) is 21.3. The van der Waals surface area contributed by atoms with Crippen LogP contribution >= 0.6 is 0 Å². The van der Waals surface area contributed by atoms with E-state index in [1.165, 1.54) is 212 Å². The summed E-state index contributed by atoms with van der Waals surface area (Å²) in [6, 6.07) is 3.25. The van der Waals surface area contributed by atoms with Crippen molar-refractivity contribution in [1.29, 1.82) is 0 Å². The molecule has 0 aromatic heterocycles. The second-order valence-corrected chi connectivity index (χ2v) is 28.7. The molecule has 0 radical (unpaired) electrons. The van der Waals surface area contributed by atoms with Crippen molar-refractivity contribution in [2.75, 3.05) is 0 Å². The molecule has 0 bridgehead atoms. The predicted molar refractivity (Wildman–Crippen MR) is 325 cm³/mol. The van der Waals surface area contributed by atoms with Gasteiger partial charge in [0.1, 0.15) is 0 Å². The summed E-state index contributed by atoms with van der Waals surface area (Å²) in [6.45, 7) is 8.79. The third-order valence-corrected chi connectivity index (χ3v) is 24.9. The molecule has 4 heteroatoms. The number of nitrogens with zero attached hydrogens (tertiary/aromatic N) is 2. The lowest BCUT2D eigenvalue weighted by Gasteiger charge is -2.53. The van der Waals surface area contributed by atoms with Crippen molar-refractivity contribution in [3.63, 3.8) is 0 Å². The number of fused-ring (bicyclic) bond motifs is 7. The molecule has 13 rings (SSSR count). The molecule has 16 unspecified atom stereocenters. The van der Waals surface area contributed by atoms with Crippen molar-refractivity contribution < 1.29 is 9.47 Å². The standard InChI is InChI=1S/C74H108N2O2/c1-4-7-22-60(6-3)77-63-45-38-58(39-46-63)76-72-27-16-14-25-67(72)68-49-54(33-48-73(68)76)52-31-36-57(37-32-52)75(71-28-17-19-53-18-11-12-23-64(53)71)59-40-47-66-65-24-13-15-26-69(65)74(70(66)50-59,55-20-9-8-10-21-55)56-34-43-62(44-35-56)78-61-41-29-51(5-2)30-42-61/h5,11,18,20,33-36,40,43,47-49,51-53,58-73H,2,4,6-10,12-17,19,21-32,37-39,41-42,44-46,50H2,1,3H3.